The fraction of sp³-hybridized carbons (Fsp3) is 0.909. The Morgan fingerprint density at radius 1 is 1.27 bits per heavy atom. The average molecular weight is 227 g/mol. The summed E-state index contributed by atoms with van der Waals surface area (Å²) >= 11 is 1.90. The van der Waals surface area contributed by atoms with Crippen LogP contribution in [0.15, 0.2) is 0 Å². The van der Waals surface area contributed by atoms with E-state index in [0.717, 1.165) is 26.2 Å². The molecule has 0 N–H and O–H groups in total. The van der Waals surface area contributed by atoms with Crippen LogP contribution >= 0.6 is 11.8 Å². The number of hydrogen-bond donors (Lipinski definition) is 0. The summed E-state index contributed by atoms with van der Waals surface area (Å²) < 4.78 is 0. The van der Waals surface area contributed by atoms with Gasteiger partial charge in [-0.25, -0.2) is 0 Å². The van der Waals surface area contributed by atoms with E-state index in [0.29, 0.717) is 0 Å². The van der Waals surface area contributed by atoms with E-state index in [1.165, 1.54) is 12.3 Å². The second-order valence-electron chi connectivity index (χ2n) is 4.49. The van der Waals surface area contributed by atoms with Gasteiger partial charge in [0.15, 0.2) is 0 Å². The largest absolute Gasteiger partial charge is 0.300 e. The molecule has 0 atom stereocenters. The van der Waals surface area contributed by atoms with Crippen molar-refractivity contribution in [3.63, 3.8) is 0 Å². The highest BCUT2D eigenvalue weighted by Crippen LogP contribution is 2.15. The zero-order valence-electron chi connectivity index (χ0n) is 9.99. The summed E-state index contributed by atoms with van der Waals surface area (Å²) in [5.74, 6) is 1.21. The van der Waals surface area contributed by atoms with Gasteiger partial charge in [-0.3, -0.25) is 9.80 Å². The molecule has 15 heavy (non-hydrogen) atoms. The molecule has 0 saturated carbocycles. The highest BCUT2D eigenvalue weighted by molar-refractivity contribution is 7.98. The first-order valence-electron chi connectivity index (χ1n) is 5.48. The SMILES string of the molecule is CSCCN1CCN(C(C)(C)C#N)CC1. The van der Waals surface area contributed by atoms with E-state index in [1.807, 2.05) is 25.6 Å². The molecule has 0 aromatic carbocycles. The summed E-state index contributed by atoms with van der Waals surface area (Å²) in [6.07, 6.45) is 2.15. The Hall–Kier alpha value is -0.240. The summed E-state index contributed by atoms with van der Waals surface area (Å²) in [4.78, 5) is 4.77. The lowest BCUT2D eigenvalue weighted by Crippen LogP contribution is -2.54. The molecule has 86 valence electrons. The minimum atomic E-state index is -0.300. The Kier molecular flexibility index (Phi) is 4.91. The fourth-order valence-corrected chi connectivity index (χ4v) is 2.26. The first-order chi connectivity index (χ1) is 7.10. The van der Waals surface area contributed by atoms with Crippen molar-refractivity contribution < 1.29 is 0 Å². The Morgan fingerprint density at radius 2 is 1.87 bits per heavy atom. The van der Waals surface area contributed by atoms with Crippen LogP contribution in [0.25, 0.3) is 0 Å². The summed E-state index contributed by atoms with van der Waals surface area (Å²) in [5, 5.41) is 9.05. The van der Waals surface area contributed by atoms with Crippen LogP contribution < -0.4 is 0 Å². The molecule has 1 rings (SSSR count). The van der Waals surface area contributed by atoms with Crippen LogP contribution in [-0.4, -0.2) is 60.1 Å². The van der Waals surface area contributed by atoms with Gasteiger partial charge in [0.25, 0.3) is 0 Å². The molecule has 0 radical (unpaired) electrons. The van der Waals surface area contributed by atoms with Crippen molar-refractivity contribution in [3.05, 3.63) is 0 Å². The van der Waals surface area contributed by atoms with E-state index in [2.05, 4.69) is 22.1 Å². The van der Waals surface area contributed by atoms with Gasteiger partial charge in [0.2, 0.25) is 0 Å². The first kappa shape index (κ1) is 12.8. The van der Waals surface area contributed by atoms with Gasteiger partial charge >= 0.3 is 0 Å². The number of thioether (sulfide) groups is 1. The molecule has 0 aliphatic carbocycles. The Balaban J connectivity index is 2.33. The zero-order valence-corrected chi connectivity index (χ0v) is 10.8. The summed E-state index contributed by atoms with van der Waals surface area (Å²) in [6, 6.07) is 2.37. The number of hydrogen-bond acceptors (Lipinski definition) is 4. The van der Waals surface area contributed by atoms with E-state index in [-0.39, 0.29) is 5.54 Å². The van der Waals surface area contributed by atoms with E-state index in [1.54, 1.807) is 0 Å². The van der Waals surface area contributed by atoms with E-state index >= 15 is 0 Å². The maximum atomic E-state index is 9.05. The normalized spacial score (nSPS) is 20.1. The topological polar surface area (TPSA) is 30.3 Å². The quantitative estimate of drug-likeness (QED) is 0.723. The molecule has 1 fully saturated rings. The van der Waals surface area contributed by atoms with Crippen LogP contribution in [-0.2, 0) is 0 Å². The van der Waals surface area contributed by atoms with Gasteiger partial charge in [0.05, 0.1) is 6.07 Å². The maximum absolute atomic E-state index is 9.05. The van der Waals surface area contributed by atoms with Crippen LogP contribution in [0, 0.1) is 11.3 Å². The van der Waals surface area contributed by atoms with Crippen molar-refractivity contribution in [2.75, 3.05) is 44.7 Å². The monoisotopic (exact) mass is 227 g/mol. The highest BCUT2D eigenvalue weighted by atomic mass is 32.2. The molecule has 0 bridgehead atoms. The molecule has 0 spiro atoms. The second kappa shape index (κ2) is 5.74. The minimum absolute atomic E-state index is 0.300. The molecule has 0 unspecified atom stereocenters. The van der Waals surface area contributed by atoms with Crippen molar-refractivity contribution in [2.45, 2.75) is 19.4 Å². The summed E-state index contributed by atoms with van der Waals surface area (Å²) in [6.45, 7) is 9.44. The standard InChI is InChI=1S/C11H21N3S/c1-11(2,10-12)14-6-4-13(5-7-14)8-9-15-3/h4-9H2,1-3H3. The van der Waals surface area contributed by atoms with E-state index < -0.39 is 0 Å². The van der Waals surface area contributed by atoms with Crippen LogP contribution in [0.4, 0.5) is 0 Å². The lowest BCUT2D eigenvalue weighted by Gasteiger charge is -2.40. The molecular formula is C11H21N3S. The van der Waals surface area contributed by atoms with Crippen LogP contribution in [0.3, 0.4) is 0 Å². The Labute approximate surface area is 97.4 Å². The molecule has 0 aromatic heterocycles. The number of nitriles is 1. The van der Waals surface area contributed by atoms with Crippen molar-refractivity contribution in [1.82, 2.24) is 9.80 Å². The molecular weight excluding hydrogens is 206 g/mol. The lowest BCUT2D eigenvalue weighted by molar-refractivity contribution is 0.0836. The van der Waals surface area contributed by atoms with Crippen molar-refractivity contribution in [3.8, 4) is 6.07 Å². The van der Waals surface area contributed by atoms with Gasteiger partial charge in [-0.05, 0) is 20.1 Å². The smallest absolute Gasteiger partial charge is 0.103 e. The van der Waals surface area contributed by atoms with Crippen LogP contribution in [0.1, 0.15) is 13.8 Å². The molecule has 0 aromatic rings. The summed E-state index contributed by atoms with van der Waals surface area (Å²) in [7, 11) is 0. The third-order valence-corrected chi connectivity index (χ3v) is 3.64. The fourth-order valence-electron chi connectivity index (χ4n) is 1.82. The number of nitrogens with zero attached hydrogens (tertiary/aromatic N) is 3. The van der Waals surface area contributed by atoms with Gasteiger partial charge < -0.3 is 0 Å². The minimum Gasteiger partial charge on any atom is -0.300 e. The van der Waals surface area contributed by atoms with Crippen molar-refractivity contribution >= 4 is 11.8 Å². The van der Waals surface area contributed by atoms with Gasteiger partial charge in [-0.15, -0.1) is 0 Å². The van der Waals surface area contributed by atoms with Gasteiger partial charge in [-0.2, -0.15) is 17.0 Å². The molecule has 1 aliphatic heterocycles. The zero-order chi connectivity index (χ0) is 11.3. The third kappa shape index (κ3) is 3.67. The molecule has 1 aliphatic rings. The summed E-state index contributed by atoms with van der Waals surface area (Å²) in [5.41, 5.74) is -0.300. The Morgan fingerprint density at radius 3 is 2.33 bits per heavy atom. The van der Waals surface area contributed by atoms with Crippen LogP contribution in [0.2, 0.25) is 0 Å². The molecule has 0 amide bonds. The number of rotatable bonds is 4. The molecule has 3 nitrogen and oxygen atoms in total. The van der Waals surface area contributed by atoms with E-state index in [4.69, 9.17) is 5.26 Å². The lowest BCUT2D eigenvalue weighted by atomic mass is 10.0. The third-order valence-electron chi connectivity index (χ3n) is 3.05. The van der Waals surface area contributed by atoms with Gasteiger partial charge in [0, 0.05) is 38.5 Å². The predicted molar refractivity (Wildman–Crippen MR) is 66.1 cm³/mol. The predicted octanol–water partition coefficient (Wildman–Crippen LogP) is 1.27. The molecule has 1 heterocycles. The van der Waals surface area contributed by atoms with Crippen LogP contribution in [0.5, 0.6) is 0 Å². The molecule has 4 heteroatoms. The number of piperazine rings is 1. The Bertz CT molecular complexity index is 226. The second-order valence-corrected chi connectivity index (χ2v) is 5.48. The van der Waals surface area contributed by atoms with E-state index in [9.17, 15) is 0 Å². The average Bonchev–Trinajstić information content (AvgIpc) is 2.27. The van der Waals surface area contributed by atoms with Crippen molar-refractivity contribution in [2.24, 2.45) is 0 Å². The maximum Gasteiger partial charge on any atom is 0.103 e. The first-order valence-corrected chi connectivity index (χ1v) is 6.87. The highest BCUT2D eigenvalue weighted by Gasteiger charge is 2.29. The van der Waals surface area contributed by atoms with Crippen molar-refractivity contribution in [1.29, 1.82) is 5.26 Å². The van der Waals surface area contributed by atoms with Gasteiger partial charge in [0.1, 0.15) is 5.54 Å². The van der Waals surface area contributed by atoms with Gasteiger partial charge in [-0.1, -0.05) is 0 Å². The molecule has 1 saturated heterocycles.